The summed E-state index contributed by atoms with van der Waals surface area (Å²) in [6.45, 7) is 3.42. The van der Waals surface area contributed by atoms with Gasteiger partial charge in [-0.3, -0.25) is 15.0 Å². The molecular formula is C29H31F6N3O9S. The molecular weight excluding hydrogens is 680 g/mol. The maximum atomic E-state index is 13.1. The minimum absolute atomic E-state index is 0.169. The van der Waals surface area contributed by atoms with Gasteiger partial charge in [0.2, 0.25) is 5.91 Å². The lowest BCUT2D eigenvalue weighted by molar-refractivity contribution is -0.193. The van der Waals surface area contributed by atoms with Crippen LogP contribution in [-0.4, -0.2) is 89.8 Å². The number of benzene rings is 2. The molecule has 2 aromatic carbocycles. The Kier molecular flexibility index (Phi) is 13.7. The number of para-hydroxylation sites is 1. The Morgan fingerprint density at radius 3 is 2.04 bits per heavy atom. The lowest BCUT2D eigenvalue weighted by atomic mass is 9.86. The van der Waals surface area contributed by atoms with E-state index in [2.05, 4.69) is 4.98 Å². The van der Waals surface area contributed by atoms with Gasteiger partial charge in [-0.1, -0.05) is 18.2 Å². The Bertz CT molecular complexity index is 1660. The highest BCUT2D eigenvalue weighted by molar-refractivity contribution is 7.91. The van der Waals surface area contributed by atoms with E-state index in [0.29, 0.717) is 31.9 Å². The van der Waals surface area contributed by atoms with Crippen molar-refractivity contribution in [2.75, 3.05) is 25.9 Å². The number of halogens is 6. The number of carboxylic acid groups (broad SMARTS) is 2. The zero-order valence-electron chi connectivity index (χ0n) is 25.2. The van der Waals surface area contributed by atoms with Crippen molar-refractivity contribution < 1.29 is 69.3 Å². The largest absolute Gasteiger partial charge is 0.490 e. The number of likely N-dealkylation sites (tertiary alicyclic amines) is 1. The lowest BCUT2D eigenvalue weighted by Crippen LogP contribution is -2.46. The maximum Gasteiger partial charge on any atom is 0.490 e. The third kappa shape index (κ3) is 11.9. The van der Waals surface area contributed by atoms with Crippen LogP contribution in [0.4, 0.5) is 26.3 Å². The minimum atomic E-state index is -5.08. The van der Waals surface area contributed by atoms with E-state index in [4.69, 9.17) is 29.7 Å². The third-order valence-electron chi connectivity index (χ3n) is 6.81. The first-order valence-corrected chi connectivity index (χ1v) is 15.3. The summed E-state index contributed by atoms with van der Waals surface area (Å²) in [5.74, 6) is -6.60. The van der Waals surface area contributed by atoms with Gasteiger partial charge in [-0.05, 0) is 69.3 Å². The number of carboxylic acids is 2. The van der Waals surface area contributed by atoms with Crippen molar-refractivity contribution in [3.05, 3.63) is 65.9 Å². The molecule has 1 fully saturated rings. The van der Waals surface area contributed by atoms with Crippen molar-refractivity contribution >= 4 is 38.6 Å². The van der Waals surface area contributed by atoms with Gasteiger partial charge in [-0.25, -0.2) is 23.5 Å². The number of nitrogens with zero attached hydrogens (tertiary/aromatic N) is 2. The highest BCUT2D eigenvalue weighted by atomic mass is 32.2. The van der Waals surface area contributed by atoms with Gasteiger partial charge in [0.1, 0.15) is 12.4 Å². The molecule has 4 rings (SSSR count). The number of hydrogen-bond acceptors (Lipinski definition) is 9. The molecule has 2 atom stereocenters. The Hall–Kier alpha value is -4.49. The predicted molar refractivity (Wildman–Crippen MR) is 156 cm³/mol. The number of carbonyl (C=O) groups excluding carboxylic acids is 1. The molecule has 1 aromatic heterocycles. The van der Waals surface area contributed by atoms with E-state index in [-0.39, 0.29) is 10.6 Å². The summed E-state index contributed by atoms with van der Waals surface area (Å²) in [5.41, 5.74) is 4.50. The highest BCUT2D eigenvalue weighted by Gasteiger charge is 2.39. The van der Waals surface area contributed by atoms with E-state index in [1.165, 1.54) is 12.1 Å². The number of rotatable bonds is 7. The molecule has 4 N–H and O–H groups in total. The van der Waals surface area contributed by atoms with Crippen LogP contribution in [0.5, 0.6) is 5.75 Å². The van der Waals surface area contributed by atoms with Crippen molar-refractivity contribution in [1.82, 2.24) is 15.4 Å². The topological polar surface area (TPSA) is 183 Å². The molecule has 3 aromatic rings. The van der Waals surface area contributed by atoms with Gasteiger partial charge in [0, 0.05) is 29.1 Å². The zero-order chi connectivity index (χ0) is 36.4. The second kappa shape index (κ2) is 16.6. The number of nitrogens with one attached hydrogen (secondary N) is 1. The summed E-state index contributed by atoms with van der Waals surface area (Å²) in [4.78, 5) is 36.6. The average Bonchev–Trinajstić information content (AvgIpc) is 2.99. The summed E-state index contributed by atoms with van der Waals surface area (Å²) in [5, 5.41) is 24.3. The Labute approximate surface area is 269 Å². The van der Waals surface area contributed by atoms with E-state index < -0.39 is 51.9 Å². The van der Waals surface area contributed by atoms with Crippen LogP contribution in [0.15, 0.2) is 59.5 Å². The maximum absolute atomic E-state index is 13.1. The summed E-state index contributed by atoms with van der Waals surface area (Å²) in [6.07, 6.45) is -9.67. The van der Waals surface area contributed by atoms with E-state index in [9.17, 15) is 39.6 Å². The van der Waals surface area contributed by atoms with Crippen LogP contribution < -0.4 is 10.2 Å². The number of carbonyl (C=O) groups is 3. The molecule has 19 heteroatoms. The van der Waals surface area contributed by atoms with E-state index >= 15 is 0 Å². The third-order valence-corrected chi connectivity index (χ3v) is 8.67. The first kappa shape index (κ1) is 39.7. The molecule has 0 aliphatic carbocycles. The normalized spacial score (nSPS) is 16.9. The number of pyridine rings is 1. The van der Waals surface area contributed by atoms with Crippen molar-refractivity contribution in [2.45, 2.75) is 37.2 Å². The molecule has 0 bridgehead atoms. The van der Waals surface area contributed by atoms with Crippen molar-refractivity contribution in [2.24, 2.45) is 11.8 Å². The molecule has 0 radical (unpaired) electrons. The van der Waals surface area contributed by atoms with E-state index in [0.717, 1.165) is 22.2 Å². The first-order chi connectivity index (χ1) is 22.1. The van der Waals surface area contributed by atoms with Gasteiger partial charge >= 0.3 is 24.3 Å². The molecule has 2 heterocycles. The van der Waals surface area contributed by atoms with Gasteiger partial charge in [0.05, 0.1) is 16.2 Å². The number of aliphatic carboxylic acids is 2. The number of alkyl halides is 6. The van der Waals surface area contributed by atoms with E-state index in [1.54, 1.807) is 17.6 Å². The number of ether oxygens (including phenoxy) is 1. The summed E-state index contributed by atoms with van der Waals surface area (Å²) < 4.78 is 95.6. The summed E-state index contributed by atoms with van der Waals surface area (Å²) in [6, 6.07) is 16.2. The second-order valence-corrected chi connectivity index (χ2v) is 12.5. The highest BCUT2D eigenvalue weighted by Crippen LogP contribution is 2.28. The average molecular weight is 712 g/mol. The SMILES string of the molecule is Cc1cc(COc2ccc(S(=O)(=O)C[C@H]3CN(C)CC[C@@H]3C(=O)NO)cc2)c2ccccc2n1.O=C(O)C(F)(F)F.O=C(O)C(F)(F)F. The number of fused-ring (bicyclic) bond motifs is 1. The van der Waals surface area contributed by atoms with Crippen molar-refractivity contribution in [3.8, 4) is 5.75 Å². The number of sulfone groups is 1. The molecule has 48 heavy (non-hydrogen) atoms. The number of aromatic nitrogens is 1. The van der Waals surface area contributed by atoms with Crippen LogP contribution in [0, 0.1) is 18.8 Å². The number of piperidine rings is 1. The Morgan fingerprint density at radius 1 is 0.979 bits per heavy atom. The lowest BCUT2D eigenvalue weighted by Gasteiger charge is -2.35. The van der Waals surface area contributed by atoms with Crippen molar-refractivity contribution in [1.29, 1.82) is 0 Å². The first-order valence-electron chi connectivity index (χ1n) is 13.7. The number of hydroxylamine groups is 1. The molecule has 1 amide bonds. The van der Waals surface area contributed by atoms with Crippen LogP contribution >= 0.6 is 0 Å². The van der Waals surface area contributed by atoms with Gasteiger partial charge < -0.3 is 19.8 Å². The van der Waals surface area contributed by atoms with Gasteiger partial charge in [-0.15, -0.1) is 0 Å². The predicted octanol–water partition coefficient (Wildman–Crippen LogP) is 4.24. The molecule has 1 saturated heterocycles. The molecule has 1 aliphatic rings. The number of aryl methyl sites for hydroxylation is 1. The quantitative estimate of drug-likeness (QED) is 0.156. The summed E-state index contributed by atoms with van der Waals surface area (Å²) >= 11 is 0. The fourth-order valence-corrected chi connectivity index (χ4v) is 6.25. The minimum Gasteiger partial charge on any atom is -0.489 e. The smallest absolute Gasteiger partial charge is 0.489 e. The zero-order valence-corrected chi connectivity index (χ0v) is 26.1. The Balaban J connectivity index is 0.000000479. The molecule has 0 spiro atoms. The number of amides is 1. The molecule has 0 unspecified atom stereocenters. The van der Waals surface area contributed by atoms with Crippen LogP contribution in [0.3, 0.4) is 0 Å². The van der Waals surface area contributed by atoms with Crippen LogP contribution in [0.1, 0.15) is 17.7 Å². The Morgan fingerprint density at radius 2 is 1.52 bits per heavy atom. The second-order valence-electron chi connectivity index (χ2n) is 10.5. The standard InChI is InChI=1S/C25H29N3O5S.2C2HF3O2/c1-17-13-18(22-5-3-4-6-24(22)26-17)15-33-20-7-9-21(10-8-20)34(31,32)16-19-14-28(2)12-11-23(19)25(29)27-30;2*3-2(4,5)1(6)7/h3-10,13,19,23,30H,11-12,14-16H2,1-2H3,(H,27,29);2*(H,6,7)/t19-,23+;;/m1../s1. The summed E-state index contributed by atoms with van der Waals surface area (Å²) in [7, 11) is -1.73. The molecule has 0 saturated carbocycles. The van der Waals surface area contributed by atoms with Crippen LogP contribution in [-0.2, 0) is 30.8 Å². The number of hydrogen-bond donors (Lipinski definition) is 4. The molecule has 12 nitrogen and oxygen atoms in total. The van der Waals surface area contributed by atoms with Crippen molar-refractivity contribution in [3.63, 3.8) is 0 Å². The van der Waals surface area contributed by atoms with E-state index in [1.807, 2.05) is 49.2 Å². The fraction of sp³-hybridized carbons (Fsp3) is 0.379. The van der Waals surface area contributed by atoms with Crippen LogP contribution in [0.2, 0.25) is 0 Å². The monoisotopic (exact) mass is 711 g/mol. The van der Waals surface area contributed by atoms with Gasteiger partial charge in [0.25, 0.3) is 0 Å². The molecule has 264 valence electrons. The van der Waals surface area contributed by atoms with Gasteiger partial charge in [-0.2, -0.15) is 26.3 Å². The molecule has 1 aliphatic heterocycles. The van der Waals surface area contributed by atoms with Gasteiger partial charge in [0.15, 0.2) is 9.84 Å². The van der Waals surface area contributed by atoms with Crippen LogP contribution in [0.25, 0.3) is 10.9 Å². The fourth-order valence-electron chi connectivity index (χ4n) is 4.61.